The number of carbonyl (C=O) groups is 3. The van der Waals surface area contributed by atoms with Crippen LogP contribution in [-0.4, -0.2) is 47.8 Å². The van der Waals surface area contributed by atoms with Crippen LogP contribution < -0.4 is 16.0 Å². The maximum absolute atomic E-state index is 12.8. The summed E-state index contributed by atoms with van der Waals surface area (Å²) in [6.45, 7) is 5.53. The highest BCUT2D eigenvalue weighted by molar-refractivity contribution is 6.05. The third kappa shape index (κ3) is 3.61. The quantitative estimate of drug-likeness (QED) is 0.636. The second kappa shape index (κ2) is 7.40. The summed E-state index contributed by atoms with van der Waals surface area (Å²) in [6, 6.07) is 5.63. The van der Waals surface area contributed by atoms with E-state index in [0.717, 1.165) is 36.6 Å². The molecule has 144 valence electrons. The number of piperidine rings is 1. The molecule has 0 aliphatic carbocycles. The van der Waals surface area contributed by atoms with Crippen molar-refractivity contribution in [3.05, 3.63) is 34.9 Å². The SMILES string of the molecule is CC(CC1CNC1)NCc1cccc2c1CN(C1CCC(=O)NC1=O)C2=O. The maximum Gasteiger partial charge on any atom is 0.255 e. The van der Waals surface area contributed by atoms with E-state index >= 15 is 0 Å². The summed E-state index contributed by atoms with van der Waals surface area (Å²) in [5, 5.41) is 9.22. The summed E-state index contributed by atoms with van der Waals surface area (Å²) < 4.78 is 0. The van der Waals surface area contributed by atoms with Crippen LogP contribution in [-0.2, 0) is 22.7 Å². The zero-order valence-electron chi connectivity index (χ0n) is 15.6. The van der Waals surface area contributed by atoms with Gasteiger partial charge in [-0.15, -0.1) is 0 Å². The zero-order valence-corrected chi connectivity index (χ0v) is 15.6. The Morgan fingerprint density at radius 3 is 2.78 bits per heavy atom. The lowest BCUT2D eigenvalue weighted by Crippen LogP contribution is -2.52. The molecule has 0 bridgehead atoms. The number of nitrogens with one attached hydrogen (secondary N) is 3. The van der Waals surface area contributed by atoms with E-state index in [4.69, 9.17) is 0 Å². The number of imide groups is 1. The van der Waals surface area contributed by atoms with E-state index in [0.29, 0.717) is 31.1 Å². The summed E-state index contributed by atoms with van der Waals surface area (Å²) in [6.07, 6.45) is 1.81. The number of nitrogens with zero attached hydrogens (tertiary/aromatic N) is 1. The second-order valence-corrected chi connectivity index (χ2v) is 7.89. The molecule has 2 saturated heterocycles. The predicted molar refractivity (Wildman–Crippen MR) is 99.8 cm³/mol. The Morgan fingerprint density at radius 2 is 2.07 bits per heavy atom. The van der Waals surface area contributed by atoms with Crippen molar-refractivity contribution in [2.24, 2.45) is 5.92 Å². The number of benzene rings is 1. The van der Waals surface area contributed by atoms with Gasteiger partial charge in [0.1, 0.15) is 6.04 Å². The Morgan fingerprint density at radius 1 is 1.26 bits per heavy atom. The van der Waals surface area contributed by atoms with Crippen LogP contribution in [0, 0.1) is 5.92 Å². The molecule has 3 aliphatic rings. The topological polar surface area (TPSA) is 90.5 Å². The highest BCUT2D eigenvalue weighted by Gasteiger charge is 2.39. The molecular weight excluding hydrogens is 344 g/mol. The van der Waals surface area contributed by atoms with Crippen molar-refractivity contribution in [1.82, 2.24) is 20.9 Å². The molecule has 3 heterocycles. The Bertz CT molecular complexity index is 774. The Balaban J connectivity index is 1.44. The Labute approximate surface area is 158 Å². The molecule has 3 amide bonds. The lowest BCUT2D eigenvalue weighted by Gasteiger charge is -2.30. The van der Waals surface area contributed by atoms with Gasteiger partial charge >= 0.3 is 0 Å². The van der Waals surface area contributed by atoms with Crippen molar-refractivity contribution in [1.29, 1.82) is 0 Å². The summed E-state index contributed by atoms with van der Waals surface area (Å²) in [5.74, 6) is 0.00397. The van der Waals surface area contributed by atoms with Crippen LogP contribution in [0.4, 0.5) is 0 Å². The highest BCUT2D eigenvalue weighted by atomic mass is 16.2. The molecule has 4 rings (SSSR count). The zero-order chi connectivity index (χ0) is 19.0. The standard InChI is InChI=1S/C20H26N4O3/c1-12(7-13-8-21-9-13)22-10-14-3-2-4-15-16(14)11-24(20(15)27)17-5-6-18(25)23-19(17)26/h2-4,12-13,17,21-22H,5-11H2,1H3,(H,23,25,26). The van der Waals surface area contributed by atoms with E-state index in [1.165, 1.54) is 0 Å². The monoisotopic (exact) mass is 370 g/mol. The van der Waals surface area contributed by atoms with Gasteiger partial charge in [-0.3, -0.25) is 19.7 Å². The van der Waals surface area contributed by atoms with Crippen LogP contribution in [0.25, 0.3) is 0 Å². The third-order valence-electron chi connectivity index (χ3n) is 5.87. The number of fused-ring (bicyclic) bond motifs is 1. The van der Waals surface area contributed by atoms with Crippen LogP contribution in [0.2, 0.25) is 0 Å². The normalized spacial score (nSPS) is 23.8. The van der Waals surface area contributed by atoms with Crippen molar-refractivity contribution < 1.29 is 14.4 Å². The van der Waals surface area contributed by atoms with E-state index < -0.39 is 6.04 Å². The Kier molecular flexibility index (Phi) is 4.97. The van der Waals surface area contributed by atoms with E-state index in [1.54, 1.807) is 4.90 Å². The van der Waals surface area contributed by atoms with Gasteiger partial charge in [-0.05, 0) is 56.0 Å². The first kappa shape index (κ1) is 18.1. The molecule has 7 nitrogen and oxygen atoms in total. The molecule has 0 radical (unpaired) electrons. The number of rotatable bonds is 6. The number of hydrogen-bond acceptors (Lipinski definition) is 5. The van der Waals surface area contributed by atoms with Gasteiger partial charge in [-0.2, -0.15) is 0 Å². The third-order valence-corrected chi connectivity index (χ3v) is 5.87. The van der Waals surface area contributed by atoms with Crippen LogP contribution in [0.3, 0.4) is 0 Å². The van der Waals surface area contributed by atoms with Gasteiger partial charge in [0.15, 0.2) is 0 Å². The van der Waals surface area contributed by atoms with Crippen LogP contribution in [0.5, 0.6) is 0 Å². The summed E-state index contributed by atoms with van der Waals surface area (Å²) >= 11 is 0. The van der Waals surface area contributed by atoms with Gasteiger partial charge in [-0.1, -0.05) is 12.1 Å². The molecule has 0 saturated carbocycles. The highest BCUT2D eigenvalue weighted by Crippen LogP contribution is 2.30. The maximum atomic E-state index is 12.8. The van der Waals surface area contributed by atoms with E-state index in [1.807, 2.05) is 18.2 Å². The van der Waals surface area contributed by atoms with Gasteiger partial charge in [0, 0.05) is 31.1 Å². The molecule has 1 aromatic rings. The van der Waals surface area contributed by atoms with Gasteiger partial charge in [0.25, 0.3) is 5.91 Å². The second-order valence-electron chi connectivity index (χ2n) is 7.89. The first-order valence-corrected chi connectivity index (χ1v) is 9.72. The fraction of sp³-hybridized carbons (Fsp3) is 0.550. The minimum atomic E-state index is -0.562. The number of amides is 3. The van der Waals surface area contributed by atoms with Crippen molar-refractivity contribution >= 4 is 17.7 Å². The number of hydrogen-bond donors (Lipinski definition) is 3. The average molecular weight is 370 g/mol. The lowest BCUT2D eigenvalue weighted by molar-refractivity contribution is -0.136. The summed E-state index contributed by atoms with van der Waals surface area (Å²) in [7, 11) is 0. The molecule has 0 aromatic heterocycles. The van der Waals surface area contributed by atoms with Crippen molar-refractivity contribution in [2.45, 2.75) is 51.4 Å². The van der Waals surface area contributed by atoms with Crippen molar-refractivity contribution in [2.75, 3.05) is 13.1 Å². The van der Waals surface area contributed by atoms with Crippen LogP contribution in [0.15, 0.2) is 18.2 Å². The largest absolute Gasteiger partial charge is 0.322 e. The van der Waals surface area contributed by atoms with Crippen molar-refractivity contribution in [3.8, 4) is 0 Å². The molecule has 2 unspecified atom stereocenters. The van der Waals surface area contributed by atoms with E-state index in [9.17, 15) is 14.4 Å². The average Bonchev–Trinajstić information content (AvgIpc) is 2.94. The summed E-state index contributed by atoms with van der Waals surface area (Å²) in [4.78, 5) is 38.0. The molecular formula is C20H26N4O3. The van der Waals surface area contributed by atoms with Gasteiger partial charge in [-0.25, -0.2) is 0 Å². The smallest absolute Gasteiger partial charge is 0.255 e. The number of carbonyl (C=O) groups excluding carboxylic acids is 3. The molecule has 2 atom stereocenters. The fourth-order valence-corrected chi connectivity index (χ4v) is 4.20. The molecule has 3 N–H and O–H groups in total. The van der Waals surface area contributed by atoms with Crippen LogP contribution >= 0.6 is 0 Å². The van der Waals surface area contributed by atoms with E-state index in [2.05, 4.69) is 22.9 Å². The fourth-order valence-electron chi connectivity index (χ4n) is 4.20. The van der Waals surface area contributed by atoms with Gasteiger partial charge in [0.2, 0.25) is 11.8 Å². The minimum absolute atomic E-state index is 0.116. The molecule has 3 aliphatic heterocycles. The minimum Gasteiger partial charge on any atom is -0.322 e. The first-order chi connectivity index (χ1) is 13.0. The molecule has 27 heavy (non-hydrogen) atoms. The van der Waals surface area contributed by atoms with Gasteiger partial charge in [0.05, 0.1) is 0 Å². The molecule has 2 fully saturated rings. The molecule has 7 heteroatoms. The lowest BCUT2D eigenvalue weighted by atomic mass is 9.95. The van der Waals surface area contributed by atoms with Crippen molar-refractivity contribution in [3.63, 3.8) is 0 Å². The van der Waals surface area contributed by atoms with Gasteiger partial charge < -0.3 is 15.5 Å². The predicted octanol–water partition coefficient (Wildman–Crippen LogP) is 0.535. The first-order valence-electron chi connectivity index (χ1n) is 9.72. The molecule has 1 aromatic carbocycles. The van der Waals surface area contributed by atoms with E-state index in [-0.39, 0.29) is 24.1 Å². The Hall–Kier alpha value is -2.25. The molecule has 0 spiro atoms. The van der Waals surface area contributed by atoms with Crippen LogP contribution in [0.1, 0.15) is 47.7 Å². The summed E-state index contributed by atoms with van der Waals surface area (Å²) in [5.41, 5.74) is 2.78.